The van der Waals surface area contributed by atoms with E-state index in [0.717, 1.165) is 67.6 Å². The second kappa shape index (κ2) is 8.32. The van der Waals surface area contributed by atoms with Gasteiger partial charge in [-0.15, -0.1) is 0 Å². The first-order valence-corrected chi connectivity index (χ1v) is 9.89. The van der Waals surface area contributed by atoms with Crippen LogP contribution in [-0.4, -0.2) is 54.3 Å². The molecule has 0 spiro atoms. The zero-order valence-electron chi connectivity index (χ0n) is 14.8. The van der Waals surface area contributed by atoms with Gasteiger partial charge in [-0.05, 0) is 63.4 Å². The number of piperidine rings is 1. The van der Waals surface area contributed by atoms with Crippen molar-refractivity contribution in [2.45, 2.75) is 32.6 Å². The van der Waals surface area contributed by atoms with Gasteiger partial charge in [-0.3, -0.25) is 14.5 Å². The van der Waals surface area contributed by atoms with E-state index >= 15 is 0 Å². The van der Waals surface area contributed by atoms with Gasteiger partial charge >= 0.3 is 0 Å². The van der Waals surface area contributed by atoms with Crippen molar-refractivity contribution in [2.75, 3.05) is 38.0 Å². The second-order valence-corrected chi connectivity index (χ2v) is 7.95. The van der Waals surface area contributed by atoms with Crippen molar-refractivity contribution in [1.82, 2.24) is 9.80 Å². The van der Waals surface area contributed by atoms with Crippen LogP contribution in [0.2, 0.25) is 0 Å². The molecule has 1 aromatic carbocycles. The van der Waals surface area contributed by atoms with Crippen LogP contribution in [-0.2, 0) is 9.59 Å². The highest BCUT2D eigenvalue weighted by molar-refractivity contribution is 9.10. The third-order valence-electron chi connectivity index (χ3n) is 5.18. The maximum Gasteiger partial charge on any atom is 0.238 e. The second-order valence-electron chi connectivity index (χ2n) is 7.09. The number of likely N-dealkylation sites (tertiary alicyclic amines) is 2. The van der Waals surface area contributed by atoms with Gasteiger partial charge in [-0.1, -0.05) is 22.0 Å². The van der Waals surface area contributed by atoms with E-state index in [-0.39, 0.29) is 11.8 Å². The molecule has 3 rings (SSSR count). The predicted octanol–water partition coefficient (Wildman–Crippen LogP) is 3.03. The van der Waals surface area contributed by atoms with E-state index in [0.29, 0.717) is 12.5 Å². The molecule has 2 aliphatic heterocycles. The Kier molecular flexibility index (Phi) is 6.12. The van der Waals surface area contributed by atoms with Crippen LogP contribution in [0, 0.1) is 12.8 Å². The summed E-state index contributed by atoms with van der Waals surface area (Å²) in [6, 6.07) is 5.82. The van der Waals surface area contributed by atoms with Gasteiger partial charge in [0.2, 0.25) is 11.8 Å². The minimum absolute atomic E-state index is 0.0000671. The first kappa shape index (κ1) is 18.4. The molecule has 2 aliphatic rings. The van der Waals surface area contributed by atoms with Crippen LogP contribution in [0.4, 0.5) is 5.69 Å². The van der Waals surface area contributed by atoms with Crippen molar-refractivity contribution in [1.29, 1.82) is 0 Å². The summed E-state index contributed by atoms with van der Waals surface area (Å²) in [4.78, 5) is 28.9. The van der Waals surface area contributed by atoms with Gasteiger partial charge in [0.15, 0.2) is 0 Å². The fourth-order valence-corrected chi connectivity index (χ4v) is 3.99. The average Bonchev–Trinajstić information content (AvgIpc) is 3.13. The average molecular weight is 408 g/mol. The number of amides is 2. The number of carbonyl (C=O) groups excluding carboxylic acids is 2. The Labute approximate surface area is 157 Å². The van der Waals surface area contributed by atoms with Crippen molar-refractivity contribution < 1.29 is 9.59 Å². The number of halogens is 1. The van der Waals surface area contributed by atoms with E-state index in [1.807, 2.05) is 30.0 Å². The summed E-state index contributed by atoms with van der Waals surface area (Å²) < 4.78 is 0.992. The fourth-order valence-electron chi connectivity index (χ4n) is 3.61. The van der Waals surface area contributed by atoms with Crippen molar-refractivity contribution in [3.63, 3.8) is 0 Å². The number of nitrogens with zero attached hydrogens (tertiary/aromatic N) is 2. The number of benzene rings is 1. The number of rotatable bonds is 4. The van der Waals surface area contributed by atoms with Crippen LogP contribution in [0.25, 0.3) is 0 Å². The Bertz CT molecular complexity index is 636. The van der Waals surface area contributed by atoms with Crippen molar-refractivity contribution in [2.24, 2.45) is 5.92 Å². The van der Waals surface area contributed by atoms with E-state index in [2.05, 4.69) is 26.1 Å². The molecule has 1 N–H and O–H groups in total. The molecule has 136 valence electrons. The molecule has 5 nitrogen and oxygen atoms in total. The molecule has 6 heteroatoms. The topological polar surface area (TPSA) is 52.7 Å². The molecule has 2 amide bonds. The normalized spacial score (nSPS) is 19.2. The van der Waals surface area contributed by atoms with Gasteiger partial charge in [-0.2, -0.15) is 0 Å². The summed E-state index contributed by atoms with van der Waals surface area (Å²) in [5, 5.41) is 2.95. The van der Waals surface area contributed by atoms with Crippen LogP contribution in [0.1, 0.15) is 31.2 Å². The minimum Gasteiger partial charge on any atom is -0.342 e. The molecule has 0 saturated carbocycles. The first-order valence-electron chi connectivity index (χ1n) is 9.10. The monoisotopic (exact) mass is 407 g/mol. The quantitative estimate of drug-likeness (QED) is 0.834. The largest absolute Gasteiger partial charge is 0.342 e. The Morgan fingerprint density at radius 2 is 1.84 bits per heavy atom. The fraction of sp³-hybridized carbons (Fsp3) is 0.579. The molecule has 0 aromatic heterocycles. The first-order chi connectivity index (χ1) is 12.0. The highest BCUT2D eigenvalue weighted by atomic mass is 79.9. The lowest BCUT2D eigenvalue weighted by atomic mass is 9.95. The molecule has 0 bridgehead atoms. The summed E-state index contributed by atoms with van der Waals surface area (Å²) in [7, 11) is 0. The van der Waals surface area contributed by atoms with E-state index in [9.17, 15) is 9.59 Å². The number of aryl methyl sites for hydroxylation is 1. The predicted molar refractivity (Wildman–Crippen MR) is 102 cm³/mol. The van der Waals surface area contributed by atoms with Crippen LogP contribution >= 0.6 is 15.9 Å². The molecule has 2 fully saturated rings. The molecular weight excluding hydrogens is 382 g/mol. The Balaban J connectivity index is 1.44. The minimum atomic E-state index is 0.0000671. The third kappa shape index (κ3) is 4.82. The molecule has 1 aromatic rings. The molecule has 0 aliphatic carbocycles. The maximum atomic E-state index is 12.5. The summed E-state index contributed by atoms with van der Waals surface area (Å²) in [6.45, 7) is 5.88. The van der Waals surface area contributed by atoms with Crippen LogP contribution < -0.4 is 5.32 Å². The SMILES string of the molecule is Cc1ccc(NC(=O)CN2CCC(C(=O)N3CCCC3)CC2)cc1Br. The van der Waals surface area contributed by atoms with E-state index in [4.69, 9.17) is 0 Å². The van der Waals surface area contributed by atoms with E-state index in [1.165, 1.54) is 0 Å². The summed E-state index contributed by atoms with van der Waals surface area (Å²) in [5.41, 5.74) is 1.95. The highest BCUT2D eigenvalue weighted by Crippen LogP contribution is 2.23. The lowest BCUT2D eigenvalue weighted by Crippen LogP contribution is -2.43. The highest BCUT2D eigenvalue weighted by Gasteiger charge is 2.30. The number of carbonyl (C=O) groups is 2. The zero-order chi connectivity index (χ0) is 17.8. The molecule has 2 saturated heterocycles. The standard InChI is InChI=1S/C19H26BrN3O2/c1-14-4-5-16(12-17(14)20)21-18(24)13-22-10-6-15(7-11-22)19(25)23-8-2-3-9-23/h4-5,12,15H,2-3,6-11,13H2,1H3,(H,21,24). The van der Waals surface area contributed by atoms with Crippen molar-refractivity contribution in [3.8, 4) is 0 Å². The zero-order valence-corrected chi connectivity index (χ0v) is 16.3. The summed E-state index contributed by atoms with van der Waals surface area (Å²) in [5.74, 6) is 0.469. The van der Waals surface area contributed by atoms with Gasteiger partial charge in [0.05, 0.1) is 6.54 Å². The number of hydrogen-bond donors (Lipinski definition) is 1. The summed E-state index contributed by atoms with van der Waals surface area (Å²) >= 11 is 3.48. The van der Waals surface area contributed by atoms with Gasteiger partial charge in [0, 0.05) is 29.2 Å². The van der Waals surface area contributed by atoms with E-state index in [1.54, 1.807) is 0 Å². The molecule has 2 heterocycles. The Morgan fingerprint density at radius 3 is 2.48 bits per heavy atom. The number of hydrogen-bond acceptors (Lipinski definition) is 3. The Morgan fingerprint density at radius 1 is 1.16 bits per heavy atom. The van der Waals surface area contributed by atoms with Gasteiger partial charge in [-0.25, -0.2) is 0 Å². The molecule has 0 atom stereocenters. The molecule has 25 heavy (non-hydrogen) atoms. The molecular formula is C19H26BrN3O2. The number of nitrogens with one attached hydrogen (secondary N) is 1. The van der Waals surface area contributed by atoms with Crippen LogP contribution in [0.3, 0.4) is 0 Å². The van der Waals surface area contributed by atoms with Gasteiger partial charge in [0.1, 0.15) is 0 Å². The van der Waals surface area contributed by atoms with E-state index < -0.39 is 0 Å². The summed E-state index contributed by atoms with van der Waals surface area (Å²) in [6.07, 6.45) is 4.00. The van der Waals surface area contributed by atoms with Crippen molar-refractivity contribution >= 4 is 33.4 Å². The Hall–Kier alpha value is -1.40. The number of anilines is 1. The van der Waals surface area contributed by atoms with Crippen LogP contribution in [0.5, 0.6) is 0 Å². The molecule has 0 unspecified atom stereocenters. The smallest absolute Gasteiger partial charge is 0.238 e. The lowest BCUT2D eigenvalue weighted by Gasteiger charge is -2.32. The van der Waals surface area contributed by atoms with Gasteiger partial charge < -0.3 is 10.2 Å². The third-order valence-corrected chi connectivity index (χ3v) is 6.03. The van der Waals surface area contributed by atoms with Crippen LogP contribution in [0.15, 0.2) is 22.7 Å². The lowest BCUT2D eigenvalue weighted by molar-refractivity contribution is -0.136. The maximum absolute atomic E-state index is 12.5. The molecule has 0 radical (unpaired) electrons. The van der Waals surface area contributed by atoms with Gasteiger partial charge in [0.25, 0.3) is 0 Å². The van der Waals surface area contributed by atoms with Crippen molar-refractivity contribution in [3.05, 3.63) is 28.2 Å².